The Bertz CT molecular complexity index is 765. The second-order valence-electron chi connectivity index (χ2n) is 6.86. The van der Waals surface area contributed by atoms with Crippen molar-refractivity contribution < 1.29 is 14.3 Å². The summed E-state index contributed by atoms with van der Waals surface area (Å²) in [7, 11) is 0. The van der Waals surface area contributed by atoms with E-state index in [1.54, 1.807) is 36.5 Å². The molecular weight excluding hydrogens is 330 g/mol. The van der Waals surface area contributed by atoms with Crippen LogP contribution >= 0.6 is 0 Å². The first-order valence-corrected chi connectivity index (χ1v) is 8.57. The topological polar surface area (TPSA) is 80.3 Å². The van der Waals surface area contributed by atoms with Gasteiger partial charge in [-0.15, -0.1) is 0 Å². The van der Waals surface area contributed by atoms with Crippen molar-refractivity contribution in [3.05, 3.63) is 59.3 Å². The molecular formula is C20H25N3O3. The van der Waals surface area contributed by atoms with Crippen LogP contribution in [-0.4, -0.2) is 28.9 Å². The van der Waals surface area contributed by atoms with Gasteiger partial charge in [0.2, 0.25) is 5.88 Å². The lowest BCUT2D eigenvalue weighted by Gasteiger charge is -2.20. The van der Waals surface area contributed by atoms with Gasteiger partial charge in [-0.25, -0.2) is 4.98 Å². The molecule has 1 aromatic heterocycles. The van der Waals surface area contributed by atoms with E-state index in [1.165, 1.54) is 0 Å². The molecule has 0 saturated heterocycles. The minimum atomic E-state index is -0.310. The minimum absolute atomic E-state index is 0.166. The number of nitrogens with one attached hydrogen (secondary N) is 2. The smallest absolute Gasteiger partial charge is 0.251 e. The van der Waals surface area contributed by atoms with E-state index in [2.05, 4.69) is 15.6 Å². The van der Waals surface area contributed by atoms with Crippen molar-refractivity contribution >= 4 is 11.8 Å². The van der Waals surface area contributed by atoms with E-state index < -0.39 is 0 Å². The molecule has 0 aliphatic carbocycles. The predicted molar refractivity (Wildman–Crippen MR) is 100 cm³/mol. The average Bonchev–Trinajstić information content (AvgIpc) is 2.59. The number of benzene rings is 1. The molecule has 2 amide bonds. The first-order chi connectivity index (χ1) is 12.3. The monoisotopic (exact) mass is 355 g/mol. The molecule has 6 heteroatoms. The third kappa shape index (κ3) is 5.58. The SMILES string of the molecule is CCOc1ncccc1CNC(=O)c1ccc(C(=O)NC(C)(C)C)cc1. The molecule has 0 fully saturated rings. The molecule has 2 rings (SSSR count). The van der Waals surface area contributed by atoms with Gasteiger partial charge in [-0.05, 0) is 58.0 Å². The molecule has 2 N–H and O–H groups in total. The molecule has 0 saturated carbocycles. The molecule has 0 spiro atoms. The summed E-state index contributed by atoms with van der Waals surface area (Å²) in [6.07, 6.45) is 1.65. The van der Waals surface area contributed by atoms with Crippen LogP contribution in [-0.2, 0) is 6.54 Å². The predicted octanol–water partition coefficient (Wildman–Crippen LogP) is 2.94. The highest BCUT2D eigenvalue weighted by Crippen LogP contribution is 2.14. The Hall–Kier alpha value is -2.89. The largest absolute Gasteiger partial charge is 0.478 e. The summed E-state index contributed by atoms with van der Waals surface area (Å²) >= 11 is 0. The number of hydrogen-bond acceptors (Lipinski definition) is 4. The van der Waals surface area contributed by atoms with Gasteiger partial charge in [0, 0.05) is 35.0 Å². The lowest BCUT2D eigenvalue weighted by Crippen LogP contribution is -2.40. The van der Waals surface area contributed by atoms with Crippen molar-refractivity contribution in [1.82, 2.24) is 15.6 Å². The van der Waals surface area contributed by atoms with Crippen LogP contribution < -0.4 is 15.4 Å². The van der Waals surface area contributed by atoms with Crippen LogP contribution in [0.3, 0.4) is 0 Å². The molecule has 0 aliphatic heterocycles. The lowest BCUT2D eigenvalue weighted by atomic mass is 10.1. The molecule has 0 unspecified atom stereocenters. The molecule has 1 aromatic carbocycles. The zero-order chi connectivity index (χ0) is 19.2. The molecule has 138 valence electrons. The zero-order valence-corrected chi connectivity index (χ0v) is 15.6. The van der Waals surface area contributed by atoms with Crippen LogP contribution in [0.25, 0.3) is 0 Å². The van der Waals surface area contributed by atoms with Crippen molar-refractivity contribution in [3.8, 4) is 5.88 Å². The normalized spacial score (nSPS) is 10.9. The third-order valence-corrected chi connectivity index (χ3v) is 3.47. The number of amides is 2. The number of hydrogen-bond donors (Lipinski definition) is 2. The summed E-state index contributed by atoms with van der Waals surface area (Å²) in [5.41, 5.74) is 1.50. The Morgan fingerprint density at radius 1 is 1.04 bits per heavy atom. The van der Waals surface area contributed by atoms with E-state index in [1.807, 2.05) is 33.8 Å². The first-order valence-electron chi connectivity index (χ1n) is 8.57. The Balaban J connectivity index is 1.99. The van der Waals surface area contributed by atoms with Gasteiger partial charge in [0.05, 0.1) is 6.61 Å². The van der Waals surface area contributed by atoms with E-state index in [-0.39, 0.29) is 17.4 Å². The minimum Gasteiger partial charge on any atom is -0.478 e. The number of rotatable bonds is 6. The third-order valence-electron chi connectivity index (χ3n) is 3.47. The highest BCUT2D eigenvalue weighted by molar-refractivity contribution is 5.98. The van der Waals surface area contributed by atoms with E-state index in [0.29, 0.717) is 30.2 Å². The Morgan fingerprint density at radius 2 is 1.65 bits per heavy atom. The lowest BCUT2D eigenvalue weighted by molar-refractivity contribution is 0.0915. The van der Waals surface area contributed by atoms with Gasteiger partial charge < -0.3 is 15.4 Å². The van der Waals surface area contributed by atoms with Gasteiger partial charge >= 0.3 is 0 Å². The van der Waals surface area contributed by atoms with E-state index >= 15 is 0 Å². The molecule has 1 heterocycles. The average molecular weight is 355 g/mol. The zero-order valence-electron chi connectivity index (χ0n) is 15.6. The Kier molecular flexibility index (Phi) is 6.33. The summed E-state index contributed by atoms with van der Waals surface area (Å²) in [5.74, 6) is 0.129. The number of aromatic nitrogens is 1. The quantitative estimate of drug-likeness (QED) is 0.835. The maximum absolute atomic E-state index is 12.3. The summed E-state index contributed by atoms with van der Waals surface area (Å²) < 4.78 is 5.45. The molecule has 2 aromatic rings. The van der Waals surface area contributed by atoms with Crippen molar-refractivity contribution in [2.24, 2.45) is 0 Å². The van der Waals surface area contributed by atoms with E-state index in [0.717, 1.165) is 5.56 Å². The number of pyridine rings is 1. The van der Waals surface area contributed by atoms with Crippen LogP contribution in [0.1, 0.15) is 54.0 Å². The summed E-state index contributed by atoms with van der Waals surface area (Å²) in [4.78, 5) is 28.6. The van der Waals surface area contributed by atoms with Crippen LogP contribution in [0.15, 0.2) is 42.6 Å². The van der Waals surface area contributed by atoms with Crippen molar-refractivity contribution in [1.29, 1.82) is 0 Å². The van der Waals surface area contributed by atoms with Crippen molar-refractivity contribution in [3.63, 3.8) is 0 Å². The fourth-order valence-electron chi connectivity index (χ4n) is 2.29. The fourth-order valence-corrected chi connectivity index (χ4v) is 2.29. The second-order valence-corrected chi connectivity index (χ2v) is 6.86. The molecule has 6 nitrogen and oxygen atoms in total. The molecule has 26 heavy (non-hydrogen) atoms. The van der Waals surface area contributed by atoms with E-state index in [4.69, 9.17) is 4.74 Å². The Labute approximate surface area is 154 Å². The van der Waals surface area contributed by atoms with E-state index in [9.17, 15) is 9.59 Å². The number of carbonyl (C=O) groups is 2. The summed E-state index contributed by atoms with van der Waals surface area (Å²) in [6.45, 7) is 8.46. The van der Waals surface area contributed by atoms with Gasteiger partial charge in [-0.2, -0.15) is 0 Å². The van der Waals surface area contributed by atoms with Gasteiger partial charge in [0.25, 0.3) is 11.8 Å². The first kappa shape index (κ1) is 19.4. The van der Waals surface area contributed by atoms with Crippen molar-refractivity contribution in [2.75, 3.05) is 6.61 Å². The molecule has 0 radical (unpaired) electrons. The van der Waals surface area contributed by atoms with Gasteiger partial charge in [0.15, 0.2) is 0 Å². The van der Waals surface area contributed by atoms with Crippen molar-refractivity contribution in [2.45, 2.75) is 39.8 Å². The van der Waals surface area contributed by atoms with Crippen LogP contribution in [0.5, 0.6) is 5.88 Å². The summed E-state index contributed by atoms with van der Waals surface area (Å²) in [6, 6.07) is 10.2. The standard InChI is InChI=1S/C20H25N3O3/c1-5-26-19-16(7-6-12-21-19)13-22-17(24)14-8-10-15(11-9-14)18(25)23-20(2,3)4/h6-12H,5,13H2,1-4H3,(H,22,24)(H,23,25). The maximum Gasteiger partial charge on any atom is 0.251 e. The number of ether oxygens (including phenoxy) is 1. The molecule has 0 bridgehead atoms. The Morgan fingerprint density at radius 3 is 2.23 bits per heavy atom. The maximum atomic E-state index is 12.3. The number of carbonyl (C=O) groups excluding carboxylic acids is 2. The van der Waals surface area contributed by atoms with Crippen LogP contribution in [0.2, 0.25) is 0 Å². The molecule has 0 atom stereocenters. The fraction of sp³-hybridized carbons (Fsp3) is 0.350. The van der Waals surface area contributed by atoms with Gasteiger partial charge in [0.1, 0.15) is 0 Å². The van der Waals surface area contributed by atoms with Gasteiger partial charge in [-0.3, -0.25) is 9.59 Å². The van der Waals surface area contributed by atoms with Crippen LogP contribution in [0.4, 0.5) is 0 Å². The van der Waals surface area contributed by atoms with Crippen LogP contribution in [0, 0.1) is 0 Å². The highest BCUT2D eigenvalue weighted by atomic mass is 16.5. The summed E-state index contributed by atoms with van der Waals surface area (Å²) in [5, 5.41) is 5.73. The van der Waals surface area contributed by atoms with Gasteiger partial charge in [-0.1, -0.05) is 6.07 Å². The highest BCUT2D eigenvalue weighted by Gasteiger charge is 2.16. The molecule has 0 aliphatic rings. The second kappa shape index (κ2) is 8.47. The number of nitrogens with zero attached hydrogens (tertiary/aromatic N) is 1.